The van der Waals surface area contributed by atoms with Gasteiger partial charge in [-0.1, -0.05) is 26.2 Å². The van der Waals surface area contributed by atoms with Gasteiger partial charge < -0.3 is 0 Å². The van der Waals surface area contributed by atoms with Crippen molar-refractivity contribution in [1.29, 1.82) is 0 Å². The lowest BCUT2D eigenvalue weighted by Crippen LogP contribution is -2.20. The first-order valence-corrected chi connectivity index (χ1v) is 4.38. The maximum Gasteiger partial charge on any atom is -0.0386 e. The molecule has 0 spiro atoms. The Morgan fingerprint density at radius 1 is 1.00 bits per heavy atom. The Morgan fingerprint density at radius 3 is 1.89 bits per heavy atom. The minimum Gasteiger partial charge on any atom is -0.0620 e. The molecule has 0 heteroatoms. The largest absolute Gasteiger partial charge is 0.0620 e. The Kier molecular flexibility index (Phi) is 1.28. The van der Waals surface area contributed by atoms with Crippen LogP contribution in [0.2, 0.25) is 0 Å². The molecule has 52 valence electrons. The summed E-state index contributed by atoms with van der Waals surface area (Å²) in [6.45, 7) is 2.46. The summed E-state index contributed by atoms with van der Waals surface area (Å²) in [5.74, 6) is 3.37. The van der Waals surface area contributed by atoms with E-state index in [1.807, 2.05) is 0 Å². The summed E-state index contributed by atoms with van der Waals surface area (Å²) in [6.07, 6.45) is 7.67. The molecule has 2 aliphatic carbocycles. The van der Waals surface area contributed by atoms with E-state index in [1.165, 1.54) is 32.1 Å². The Hall–Kier alpha value is 0. The highest BCUT2D eigenvalue weighted by Crippen LogP contribution is 2.46. The second kappa shape index (κ2) is 2.00. The normalized spacial score (nSPS) is 31.7. The average molecular weight is 124 g/mol. The van der Waals surface area contributed by atoms with Crippen LogP contribution < -0.4 is 0 Å². The van der Waals surface area contributed by atoms with Crippen LogP contribution in [-0.2, 0) is 0 Å². The molecule has 0 amide bonds. The molecule has 0 bridgehead atoms. The van der Waals surface area contributed by atoms with Gasteiger partial charge in [-0.25, -0.2) is 0 Å². The third-order valence-electron chi connectivity index (χ3n) is 3.26. The van der Waals surface area contributed by atoms with Crippen LogP contribution in [0.4, 0.5) is 0 Å². The molecular weight excluding hydrogens is 108 g/mol. The van der Waals surface area contributed by atoms with E-state index in [0.29, 0.717) is 0 Å². The molecule has 9 heavy (non-hydrogen) atoms. The van der Waals surface area contributed by atoms with Crippen LogP contribution in [0.1, 0.15) is 39.0 Å². The smallest absolute Gasteiger partial charge is 0.0386 e. The number of hydrogen-bond acceptors (Lipinski definition) is 0. The van der Waals surface area contributed by atoms with E-state index in [1.54, 1.807) is 0 Å². The summed E-state index contributed by atoms with van der Waals surface area (Å²) >= 11 is 0. The van der Waals surface area contributed by atoms with Gasteiger partial charge in [0, 0.05) is 0 Å². The van der Waals surface area contributed by atoms with Gasteiger partial charge in [0.1, 0.15) is 0 Å². The Balaban J connectivity index is 1.81. The maximum absolute atomic E-state index is 2.46. The molecule has 0 aliphatic heterocycles. The molecule has 2 aliphatic rings. The van der Waals surface area contributed by atoms with Gasteiger partial charge in [0.2, 0.25) is 0 Å². The van der Waals surface area contributed by atoms with Gasteiger partial charge in [0.15, 0.2) is 0 Å². The van der Waals surface area contributed by atoms with Crippen molar-refractivity contribution in [2.24, 2.45) is 17.8 Å². The SMILES string of the molecule is CC(C1CCC1)C1CC1. The Labute approximate surface area is 57.6 Å². The predicted molar refractivity (Wildman–Crippen MR) is 39.2 cm³/mol. The van der Waals surface area contributed by atoms with Crippen molar-refractivity contribution in [3.63, 3.8) is 0 Å². The van der Waals surface area contributed by atoms with Crippen LogP contribution in [-0.4, -0.2) is 0 Å². The highest BCUT2D eigenvalue weighted by Gasteiger charge is 2.35. The summed E-state index contributed by atoms with van der Waals surface area (Å²) in [5.41, 5.74) is 0. The maximum atomic E-state index is 2.46. The number of rotatable bonds is 2. The molecular formula is C9H16. The first kappa shape index (κ1) is 5.76. The Morgan fingerprint density at radius 2 is 1.56 bits per heavy atom. The predicted octanol–water partition coefficient (Wildman–Crippen LogP) is 2.83. The van der Waals surface area contributed by atoms with E-state index >= 15 is 0 Å². The van der Waals surface area contributed by atoms with Crippen LogP contribution in [0.5, 0.6) is 0 Å². The van der Waals surface area contributed by atoms with E-state index in [0.717, 1.165) is 17.8 Å². The van der Waals surface area contributed by atoms with Crippen LogP contribution in [0.15, 0.2) is 0 Å². The fraction of sp³-hybridized carbons (Fsp3) is 1.00. The highest BCUT2D eigenvalue weighted by atomic mass is 14.4. The van der Waals surface area contributed by atoms with Crippen molar-refractivity contribution in [3.05, 3.63) is 0 Å². The lowest BCUT2D eigenvalue weighted by Gasteiger charge is -2.31. The molecule has 0 saturated heterocycles. The van der Waals surface area contributed by atoms with E-state index in [4.69, 9.17) is 0 Å². The molecule has 2 fully saturated rings. The summed E-state index contributed by atoms with van der Waals surface area (Å²) in [7, 11) is 0. The van der Waals surface area contributed by atoms with Crippen LogP contribution in [0, 0.1) is 17.8 Å². The van der Waals surface area contributed by atoms with Crippen molar-refractivity contribution < 1.29 is 0 Å². The fourth-order valence-corrected chi connectivity index (χ4v) is 1.97. The summed E-state index contributed by atoms with van der Waals surface area (Å²) < 4.78 is 0. The van der Waals surface area contributed by atoms with Gasteiger partial charge in [-0.2, -0.15) is 0 Å². The molecule has 0 radical (unpaired) electrons. The first-order chi connectivity index (χ1) is 4.38. The van der Waals surface area contributed by atoms with E-state index < -0.39 is 0 Å². The zero-order valence-electron chi connectivity index (χ0n) is 6.27. The lowest BCUT2D eigenvalue weighted by atomic mass is 9.75. The second-order valence-corrected chi connectivity index (χ2v) is 3.89. The molecule has 1 atom stereocenters. The minimum absolute atomic E-state index is 1.08. The molecule has 0 aromatic carbocycles. The van der Waals surface area contributed by atoms with Gasteiger partial charge in [-0.3, -0.25) is 0 Å². The van der Waals surface area contributed by atoms with Crippen LogP contribution >= 0.6 is 0 Å². The lowest BCUT2D eigenvalue weighted by molar-refractivity contribution is 0.200. The van der Waals surface area contributed by atoms with Gasteiger partial charge in [0.05, 0.1) is 0 Å². The zero-order valence-corrected chi connectivity index (χ0v) is 6.27. The van der Waals surface area contributed by atoms with E-state index in [2.05, 4.69) is 6.92 Å². The first-order valence-electron chi connectivity index (χ1n) is 4.38. The summed E-state index contributed by atoms with van der Waals surface area (Å²) in [6, 6.07) is 0. The standard InChI is InChI=1S/C9H16/c1-7(9-5-6-9)8-3-2-4-8/h7-9H,2-6H2,1H3. The molecule has 0 aromatic heterocycles. The quantitative estimate of drug-likeness (QED) is 0.531. The Bertz CT molecular complexity index is 98.6. The molecule has 0 aromatic rings. The molecule has 2 rings (SSSR count). The summed E-state index contributed by atoms with van der Waals surface area (Å²) in [4.78, 5) is 0. The topological polar surface area (TPSA) is 0 Å². The third kappa shape index (κ3) is 0.997. The van der Waals surface area contributed by atoms with Crippen molar-refractivity contribution in [2.75, 3.05) is 0 Å². The van der Waals surface area contributed by atoms with Crippen molar-refractivity contribution in [1.82, 2.24) is 0 Å². The zero-order chi connectivity index (χ0) is 6.27. The summed E-state index contributed by atoms with van der Waals surface area (Å²) in [5, 5.41) is 0. The molecule has 0 N–H and O–H groups in total. The van der Waals surface area contributed by atoms with E-state index in [-0.39, 0.29) is 0 Å². The average Bonchev–Trinajstić information content (AvgIpc) is 2.37. The fourth-order valence-electron chi connectivity index (χ4n) is 1.97. The third-order valence-corrected chi connectivity index (χ3v) is 3.26. The van der Waals surface area contributed by atoms with Crippen molar-refractivity contribution >= 4 is 0 Å². The second-order valence-electron chi connectivity index (χ2n) is 3.89. The van der Waals surface area contributed by atoms with Crippen LogP contribution in [0.3, 0.4) is 0 Å². The monoisotopic (exact) mass is 124 g/mol. The molecule has 1 unspecified atom stereocenters. The van der Waals surface area contributed by atoms with Crippen molar-refractivity contribution in [2.45, 2.75) is 39.0 Å². The molecule has 0 heterocycles. The highest BCUT2D eigenvalue weighted by molar-refractivity contribution is 4.86. The molecule has 2 saturated carbocycles. The van der Waals surface area contributed by atoms with Gasteiger partial charge in [0.25, 0.3) is 0 Å². The van der Waals surface area contributed by atoms with Gasteiger partial charge in [-0.05, 0) is 30.6 Å². The van der Waals surface area contributed by atoms with E-state index in [9.17, 15) is 0 Å². The van der Waals surface area contributed by atoms with Gasteiger partial charge >= 0.3 is 0 Å². The van der Waals surface area contributed by atoms with Crippen LogP contribution in [0.25, 0.3) is 0 Å². The van der Waals surface area contributed by atoms with Crippen molar-refractivity contribution in [3.8, 4) is 0 Å². The minimum atomic E-state index is 1.08. The van der Waals surface area contributed by atoms with Gasteiger partial charge in [-0.15, -0.1) is 0 Å². The molecule has 0 nitrogen and oxygen atoms in total. The number of hydrogen-bond donors (Lipinski definition) is 0.